The lowest BCUT2D eigenvalue weighted by molar-refractivity contribution is -0.119. The van der Waals surface area contributed by atoms with E-state index < -0.39 is 13.5 Å². The van der Waals surface area contributed by atoms with Gasteiger partial charge in [-0.2, -0.15) is 0 Å². The molecule has 0 atom stereocenters. The molecule has 0 spiro atoms. The molecule has 0 radical (unpaired) electrons. The third-order valence-corrected chi connectivity index (χ3v) is 0.674. The Balaban J connectivity index is 3.21. The van der Waals surface area contributed by atoms with E-state index in [2.05, 4.69) is 0 Å². The standard InChI is InChI=1S/C4H7F2NO/c5-1-2-7(3-6)4-8/h4H,1-3H2. The molecule has 0 saturated carbocycles. The number of nitrogens with zero attached hydrogens (tertiary/aromatic N) is 1. The minimum absolute atomic E-state index is 0.153. The third kappa shape index (κ3) is 2.49. The van der Waals surface area contributed by atoms with E-state index in [1.165, 1.54) is 0 Å². The normalized spacial score (nSPS) is 8.75. The molecule has 0 aliphatic heterocycles. The molecule has 0 unspecified atom stereocenters. The van der Waals surface area contributed by atoms with E-state index in [-0.39, 0.29) is 13.0 Å². The molecule has 2 nitrogen and oxygen atoms in total. The van der Waals surface area contributed by atoms with Crippen LogP contribution in [0.15, 0.2) is 0 Å². The van der Waals surface area contributed by atoms with Crippen LogP contribution >= 0.6 is 0 Å². The molecule has 0 bridgehead atoms. The first-order chi connectivity index (χ1) is 3.85. The summed E-state index contributed by atoms with van der Waals surface area (Å²) >= 11 is 0. The second-order valence-corrected chi connectivity index (χ2v) is 1.23. The lowest BCUT2D eigenvalue weighted by atomic mass is 10.6. The molecular weight excluding hydrogens is 116 g/mol. The Bertz CT molecular complexity index is 69.1. The van der Waals surface area contributed by atoms with E-state index in [1.54, 1.807) is 0 Å². The second kappa shape index (κ2) is 4.49. The van der Waals surface area contributed by atoms with Crippen molar-refractivity contribution >= 4 is 6.41 Å². The van der Waals surface area contributed by atoms with Gasteiger partial charge in [0.15, 0.2) is 6.80 Å². The van der Waals surface area contributed by atoms with Gasteiger partial charge < -0.3 is 4.90 Å². The highest BCUT2D eigenvalue weighted by molar-refractivity contribution is 5.46. The Morgan fingerprint density at radius 2 is 2.12 bits per heavy atom. The molecule has 8 heavy (non-hydrogen) atoms. The van der Waals surface area contributed by atoms with Gasteiger partial charge in [0.1, 0.15) is 6.67 Å². The first-order valence-corrected chi connectivity index (χ1v) is 2.16. The van der Waals surface area contributed by atoms with Crippen LogP contribution in [0.25, 0.3) is 0 Å². The Kier molecular flexibility index (Phi) is 4.11. The van der Waals surface area contributed by atoms with Gasteiger partial charge >= 0.3 is 0 Å². The van der Waals surface area contributed by atoms with Crippen molar-refractivity contribution in [1.82, 2.24) is 4.90 Å². The topological polar surface area (TPSA) is 20.3 Å². The highest BCUT2D eigenvalue weighted by atomic mass is 19.1. The molecule has 0 aromatic rings. The summed E-state index contributed by atoms with van der Waals surface area (Å²) in [5.74, 6) is 0. The van der Waals surface area contributed by atoms with E-state index in [0.29, 0.717) is 4.90 Å². The highest BCUT2D eigenvalue weighted by Crippen LogP contribution is 1.81. The average molecular weight is 123 g/mol. The van der Waals surface area contributed by atoms with Crippen LogP contribution in [0.2, 0.25) is 0 Å². The monoisotopic (exact) mass is 123 g/mol. The molecular formula is C4H7F2NO. The summed E-state index contributed by atoms with van der Waals surface area (Å²) in [6.07, 6.45) is 0.277. The first-order valence-electron chi connectivity index (χ1n) is 2.16. The van der Waals surface area contributed by atoms with E-state index in [0.717, 1.165) is 0 Å². The number of carbonyl (C=O) groups is 1. The van der Waals surface area contributed by atoms with Gasteiger partial charge in [-0.15, -0.1) is 0 Å². The summed E-state index contributed by atoms with van der Waals surface area (Å²) in [6, 6.07) is 0. The number of halogens is 2. The third-order valence-electron chi connectivity index (χ3n) is 0.674. The summed E-state index contributed by atoms with van der Waals surface area (Å²) in [7, 11) is 0. The Morgan fingerprint density at radius 3 is 2.25 bits per heavy atom. The molecule has 0 aliphatic carbocycles. The van der Waals surface area contributed by atoms with Crippen LogP contribution < -0.4 is 0 Å². The molecule has 4 heteroatoms. The fraction of sp³-hybridized carbons (Fsp3) is 0.750. The molecule has 1 amide bonds. The lowest BCUT2D eigenvalue weighted by Gasteiger charge is -2.07. The number of amides is 1. The van der Waals surface area contributed by atoms with Crippen molar-refractivity contribution < 1.29 is 13.6 Å². The zero-order chi connectivity index (χ0) is 6.41. The smallest absolute Gasteiger partial charge is 0.211 e. The zero-order valence-electron chi connectivity index (χ0n) is 4.31. The number of hydrogen-bond acceptors (Lipinski definition) is 1. The lowest BCUT2D eigenvalue weighted by Crippen LogP contribution is -2.22. The number of carbonyl (C=O) groups excluding carboxylic acids is 1. The van der Waals surface area contributed by atoms with E-state index in [1.807, 2.05) is 0 Å². The van der Waals surface area contributed by atoms with Crippen LogP contribution in [0.1, 0.15) is 0 Å². The quantitative estimate of drug-likeness (QED) is 0.390. The molecule has 0 aromatic carbocycles. The van der Waals surface area contributed by atoms with Gasteiger partial charge in [-0.1, -0.05) is 0 Å². The molecule has 0 N–H and O–H groups in total. The van der Waals surface area contributed by atoms with Crippen molar-refractivity contribution in [3.63, 3.8) is 0 Å². The fourth-order valence-corrected chi connectivity index (χ4v) is 0.249. The Labute approximate surface area is 46.1 Å². The van der Waals surface area contributed by atoms with Crippen LogP contribution in [0.5, 0.6) is 0 Å². The maximum atomic E-state index is 11.4. The maximum Gasteiger partial charge on any atom is 0.211 e. The van der Waals surface area contributed by atoms with Gasteiger partial charge in [0, 0.05) is 0 Å². The van der Waals surface area contributed by atoms with Crippen LogP contribution in [-0.4, -0.2) is 31.3 Å². The van der Waals surface area contributed by atoms with Crippen LogP contribution in [0, 0.1) is 0 Å². The van der Waals surface area contributed by atoms with Crippen molar-refractivity contribution in [1.29, 1.82) is 0 Å². The maximum absolute atomic E-state index is 11.4. The molecule has 0 fully saturated rings. The van der Waals surface area contributed by atoms with Crippen LogP contribution in [-0.2, 0) is 4.79 Å². The van der Waals surface area contributed by atoms with Crippen molar-refractivity contribution in [2.45, 2.75) is 0 Å². The summed E-state index contributed by atoms with van der Waals surface area (Å²) in [4.78, 5) is 10.4. The largest absolute Gasteiger partial charge is 0.315 e. The first kappa shape index (κ1) is 7.33. The second-order valence-electron chi connectivity index (χ2n) is 1.23. The van der Waals surface area contributed by atoms with Gasteiger partial charge in [-0.05, 0) is 0 Å². The highest BCUT2D eigenvalue weighted by Gasteiger charge is 1.95. The Morgan fingerprint density at radius 1 is 1.50 bits per heavy atom. The number of rotatable bonds is 4. The van der Waals surface area contributed by atoms with Crippen molar-refractivity contribution in [3.05, 3.63) is 0 Å². The summed E-state index contributed by atoms with van der Waals surface area (Å²) in [5, 5.41) is 0. The van der Waals surface area contributed by atoms with E-state index >= 15 is 0 Å². The van der Waals surface area contributed by atoms with Gasteiger partial charge in [-0.3, -0.25) is 4.79 Å². The molecule has 0 aliphatic rings. The minimum Gasteiger partial charge on any atom is -0.315 e. The van der Waals surface area contributed by atoms with Gasteiger partial charge in [0.2, 0.25) is 6.41 Å². The average Bonchev–Trinajstić information content (AvgIpc) is 1.83. The van der Waals surface area contributed by atoms with E-state index in [4.69, 9.17) is 0 Å². The number of alkyl halides is 2. The summed E-state index contributed by atoms with van der Waals surface area (Å²) in [5.41, 5.74) is 0. The van der Waals surface area contributed by atoms with Crippen LogP contribution in [0.4, 0.5) is 8.78 Å². The SMILES string of the molecule is O=CN(CF)CCF. The molecule has 0 heterocycles. The van der Waals surface area contributed by atoms with E-state index in [9.17, 15) is 13.6 Å². The predicted octanol–water partition coefficient (Wildman–Crippen LogP) is 0.341. The molecule has 0 rings (SSSR count). The number of hydrogen-bond donors (Lipinski definition) is 0. The van der Waals surface area contributed by atoms with Gasteiger partial charge in [0.05, 0.1) is 6.54 Å². The molecule has 0 saturated heterocycles. The zero-order valence-corrected chi connectivity index (χ0v) is 4.31. The van der Waals surface area contributed by atoms with Gasteiger partial charge in [-0.25, -0.2) is 8.78 Å². The van der Waals surface area contributed by atoms with Crippen molar-refractivity contribution in [2.24, 2.45) is 0 Å². The van der Waals surface area contributed by atoms with Gasteiger partial charge in [0.25, 0.3) is 0 Å². The van der Waals surface area contributed by atoms with Crippen molar-refractivity contribution in [3.8, 4) is 0 Å². The minimum atomic E-state index is -0.909. The molecule has 48 valence electrons. The summed E-state index contributed by atoms with van der Waals surface area (Å²) < 4.78 is 22.6. The van der Waals surface area contributed by atoms with Crippen LogP contribution in [0.3, 0.4) is 0 Å². The predicted molar refractivity (Wildman–Crippen MR) is 24.7 cm³/mol. The Hall–Kier alpha value is -0.670. The molecule has 0 aromatic heterocycles. The fourth-order valence-electron chi connectivity index (χ4n) is 0.249. The van der Waals surface area contributed by atoms with Crippen molar-refractivity contribution in [2.75, 3.05) is 20.0 Å². The summed E-state index contributed by atoms with van der Waals surface area (Å²) in [6.45, 7) is -1.75.